The Morgan fingerprint density at radius 3 is 3.00 bits per heavy atom. The van der Waals surface area contributed by atoms with Crippen LogP contribution in [0.1, 0.15) is 16.8 Å². The first-order valence-electron chi connectivity index (χ1n) is 6.48. The van der Waals surface area contributed by atoms with Crippen LogP contribution < -0.4 is 4.74 Å². The zero-order valence-electron chi connectivity index (χ0n) is 10.8. The van der Waals surface area contributed by atoms with Gasteiger partial charge in [-0.3, -0.25) is 4.90 Å². The number of likely N-dealkylation sites (tertiary alicyclic amines) is 1. The number of aliphatic hydroxyl groups excluding tert-OH is 1. The molecule has 0 bridgehead atoms. The van der Waals surface area contributed by atoms with Crippen LogP contribution in [-0.4, -0.2) is 53.9 Å². The van der Waals surface area contributed by atoms with E-state index in [1.807, 2.05) is 0 Å². The Hall–Kier alpha value is -1.59. The lowest BCUT2D eigenvalue weighted by molar-refractivity contribution is 0.0696. The highest BCUT2D eigenvalue weighted by Crippen LogP contribution is 2.16. The average molecular weight is 265 g/mol. The fraction of sp³-hybridized carbons (Fsp3) is 0.500. The van der Waals surface area contributed by atoms with E-state index >= 15 is 0 Å². The maximum Gasteiger partial charge on any atom is 0.335 e. The zero-order valence-corrected chi connectivity index (χ0v) is 10.8. The molecule has 1 aromatic carbocycles. The summed E-state index contributed by atoms with van der Waals surface area (Å²) in [5, 5.41) is 17.9. The third-order valence-corrected chi connectivity index (χ3v) is 3.39. The SMILES string of the molecule is O=C(O)c1cccc(OCCN2CCC(CO)C2)c1. The molecule has 1 aromatic rings. The predicted octanol–water partition coefficient (Wildman–Crippen LogP) is 1.08. The van der Waals surface area contributed by atoms with Crippen molar-refractivity contribution in [2.45, 2.75) is 6.42 Å². The number of benzene rings is 1. The molecule has 1 heterocycles. The summed E-state index contributed by atoms with van der Waals surface area (Å²) in [6.07, 6.45) is 1.03. The number of aromatic carboxylic acids is 1. The maximum absolute atomic E-state index is 10.8. The molecule has 2 rings (SSSR count). The lowest BCUT2D eigenvalue weighted by Gasteiger charge is -2.16. The summed E-state index contributed by atoms with van der Waals surface area (Å²) in [6, 6.07) is 6.51. The molecule has 104 valence electrons. The number of nitrogens with zero attached hydrogens (tertiary/aromatic N) is 1. The van der Waals surface area contributed by atoms with E-state index in [9.17, 15) is 4.79 Å². The normalized spacial score (nSPS) is 19.5. The minimum Gasteiger partial charge on any atom is -0.492 e. The quantitative estimate of drug-likeness (QED) is 0.805. The van der Waals surface area contributed by atoms with Gasteiger partial charge in [0.2, 0.25) is 0 Å². The molecule has 0 radical (unpaired) electrons. The van der Waals surface area contributed by atoms with Crippen molar-refractivity contribution in [3.05, 3.63) is 29.8 Å². The van der Waals surface area contributed by atoms with Crippen molar-refractivity contribution < 1.29 is 19.7 Å². The lowest BCUT2D eigenvalue weighted by atomic mass is 10.1. The minimum absolute atomic E-state index is 0.235. The van der Waals surface area contributed by atoms with Gasteiger partial charge in [0.1, 0.15) is 12.4 Å². The lowest BCUT2D eigenvalue weighted by Crippen LogP contribution is -2.26. The summed E-state index contributed by atoms with van der Waals surface area (Å²) in [6.45, 7) is 3.48. The van der Waals surface area contributed by atoms with Gasteiger partial charge in [-0.2, -0.15) is 0 Å². The van der Waals surface area contributed by atoms with E-state index in [4.69, 9.17) is 14.9 Å². The van der Waals surface area contributed by atoms with Gasteiger partial charge in [-0.15, -0.1) is 0 Å². The molecule has 1 fully saturated rings. The first kappa shape index (κ1) is 13.8. The fourth-order valence-electron chi connectivity index (χ4n) is 2.28. The van der Waals surface area contributed by atoms with Gasteiger partial charge >= 0.3 is 5.97 Å². The Bertz CT molecular complexity index is 435. The Morgan fingerprint density at radius 2 is 2.32 bits per heavy atom. The van der Waals surface area contributed by atoms with Crippen LogP contribution in [-0.2, 0) is 0 Å². The van der Waals surface area contributed by atoms with Crippen LogP contribution in [0.5, 0.6) is 5.75 Å². The van der Waals surface area contributed by atoms with Crippen molar-refractivity contribution in [1.29, 1.82) is 0 Å². The number of carbonyl (C=O) groups is 1. The fourth-order valence-corrected chi connectivity index (χ4v) is 2.28. The summed E-state index contributed by atoms with van der Waals surface area (Å²) < 4.78 is 5.56. The second-order valence-electron chi connectivity index (χ2n) is 4.82. The van der Waals surface area contributed by atoms with E-state index < -0.39 is 5.97 Å². The molecule has 0 aromatic heterocycles. The van der Waals surface area contributed by atoms with Crippen LogP contribution in [0.15, 0.2) is 24.3 Å². The molecule has 1 aliphatic rings. The molecule has 1 unspecified atom stereocenters. The summed E-state index contributed by atoms with van der Waals surface area (Å²) in [5.74, 6) is 0.0175. The predicted molar refractivity (Wildman–Crippen MR) is 70.5 cm³/mol. The topological polar surface area (TPSA) is 70.0 Å². The molecular formula is C14H19NO4. The molecule has 0 aliphatic carbocycles. The summed E-state index contributed by atoms with van der Waals surface area (Å²) in [4.78, 5) is 13.1. The third-order valence-electron chi connectivity index (χ3n) is 3.39. The number of carboxylic acids is 1. The molecule has 1 saturated heterocycles. The number of hydrogen-bond donors (Lipinski definition) is 2. The standard InChI is InChI=1S/C14H19NO4/c16-10-11-4-5-15(9-11)6-7-19-13-3-1-2-12(8-13)14(17)18/h1-3,8,11,16H,4-7,9-10H2,(H,17,18). The minimum atomic E-state index is -0.948. The first-order chi connectivity index (χ1) is 9.19. The molecule has 0 amide bonds. The van der Waals surface area contributed by atoms with Crippen molar-refractivity contribution in [2.75, 3.05) is 32.8 Å². The molecule has 5 nitrogen and oxygen atoms in total. The van der Waals surface area contributed by atoms with Gasteiger partial charge in [-0.05, 0) is 37.1 Å². The van der Waals surface area contributed by atoms with E-state index in [1.54, 1.807) is 18.2 Å². The van der Waals surface area contributed by atoms with E-state index in [0.717, 1.165) is 26.1 Å². The molecule has 1 atom stereocenters. The number of rotatable bonds is 6. The van der Waals surface area contributed by atoms with Gasteiger partial charge in [-0.25, -0.2) is 4.79 Å². The highest BCUT2D eigenvalue weighted by molar-refractivity contribution is 5.87. The van der Waals surface area contributed by atoms with Crippen LogP contribution in [0.4, 0.5) is 0 Å². The maximum atomic E-state index is 10.8. The van der Waals surface area contributed by atoms with Gasteiger partial charge in [-0.1, -0.05) is 6.07 Å². The molecule has 2 N–H and O–H groups in total. The van der Waals surface area contributed by atoms with Gasteiger partial charge < -0.3 is 14.9 Å². The van der Waals surface area contributed by atoms with Crippen LogP contribution in [0.25, 0.3) is 0 Å². The monoisotopic (exact) mass is 265 g/mol. The van der Waals surface area contributed by atoms with Crippen molar-refractivity contribution >= 4 is 5.97 Å². The second-order valence-corrected chi connectivity index (χ2v) is 4.82. The first-order valence-corrected chi connectivity index (χ1v) is 6.48. The summed E-state index contributed by atoms with van der Waals surface area (Å²) in [7, 11) is 0. The number of carboxylic acid groups (broad SMARTS) is 1. The third kappa shape index (κ3) is 3.94. The van der Waals surface area contributed by atoms with Gasteiger partial charge in [0.25, 0.3) is 0 Å². The van der Waals surface area contributed by atoms with Crippen molar-refractivity contribution in [3.8, 4) is 5.75 Å². The molecule has 1 aliphatic heterocycles. The van der Waals surface area contributed by atoms with Crippen molar-refractivity contribution in [1.82, 2.24) is 4.90 Å². The van der Waals surface area contributed by atoms with Crippen molar-refractivity contribution in [2.24, 2.45) is 5.92 Å². The van der Waals surface area contributed by atoms with E-state index in [0.29, 0.717) is 18.3 Å². The number of aliphatic hydroxyl groups is 1. The summed E-state index contributed by atoms with van der Waals surface area (Å²) >= 11 is 0. The Morgan fingerprint density at radius 1 is 1.47 bits per heavy atom. The highest BCUT2D eigenvalue weighted by atomic mass is 16.5. The molecular weight excluding hydrogens is 246 g/mol. The van der Waals surface area contributed by atoms with E-state index in [1.165, 1.54) is 6.07 Å². The Balaban J connectivity index is 1.77. The molecule has 0 saturated carbocycles. The van der Waals surface area contributed by atoms with E-state index in [-0.39, 0.29) is 12.2 Å². The van der Waals surface area contributed by atoms with Crippen molar-refractivity contribution in [3.63, 3.8) is 0 Å². The molecule has 0 spiro atoms. The van der Waals surface area contributed by atoms with Gasteiger partial charge in [0, 0.05) is 19.7 Å². The van der Waals surface area contributed by atoms with Gasteiger partial charge in [0.15, 0.2) is 0 Å². The van der Waals surface area contributed by atoms with Crippen LogP contribution in [0, 0.1) is 5.92 Å². The van der Waals surface area contributed by atoms with Crippen LogP contribution >= 0.6 is 0 Å². The van der Waals surface area contributed by atoms with Gasteiger partial charge in [0.05, 0.1) is 5.56 Å². The Labute approximate surface area is 112 Å². The number of ether oxygens (including phenoxy) is 1. The molecule has 19 heavy (non-hydrogen) atoms. The average Bonchev–Trinajstić information content (AvgIpc) is 2.87. The largest absolute Gasteiger partial charge is 0.492 e. The zero-order chi connectivity index (χ0) is 13.7. The Kier molecular flexibility index (Phi) is 4.76. The second kappa shape index (κ2) is 6.54. The van der Waals surface area contributed by atoms with Crippen LogP contribution in [0.3, 0.4) is 0 Å². The van der Waals surface area contributed by atoms with Crippen LogP contribution in [0.2, 0.25) is 0 Å². The van der Waals surface area contributed by atoms with E-state index in [2.05, 4.69) is 4.90 Å². The summed E-state index contributed by atoms with van der Waals surface area (Å²) in [5.41, 5.74) is 0.235. The smallest absolute Gasteiger partial charge is 0.335 e. The molecule has 5 heteroatoms. The number of hydrogen-bond acceptors (Lipinski definition) is 4. The highest BCUT2D eigenvalue weighted by Gasteiger charge is 2.21.